The normalized spacial score (nSPS) is 18.6. The SMILES string of the molecule is Cn1cc2c(C(=O)NN3CCC(F)(CCN4CCc5sc(OCC(F)(F)F)nc5C4)CC3)cccc2n1. The third-order valence-corrected chi connectivity index (χ3v) is 7.92. The molecule has 0 radical (unpaired) electrons. The van der Waals surface area contributed by atoms with Crippen LogP contribution in [0.25, 0.3) is 10.9 Å². The van der Waals surface area contributed by atoms with E-state index in [1.165, 1.54) is 0 Å². The molecule has 0 atom stereocenters. The van der Waals surface area contributed by atoms with Gasteiger partial charge in [-0.05, 0) is 37.8 Å². The lowest BCUT2D eigenvalue weighted by molar-refractivity contribution is -0.153. The van der Waals surface area contributed by atoms with Gasteiger partial charge in [0.2, 0.25) is 0 Å². The molecular weight excluding hydrogens is 512 g/mol. The van der Waals surface area contributed by atoms with E-state index in [4.69, 9.17) is 4.74 Å². The largest absolute Gasteiger partial charge is 0.460 e. The number of ether oxygens (including phenoxy) is 1. The molecule has 3 aromatic rings. The number of piperidine rings is 1. The molecule has 0 aliphatic carbocycles. The minimum atomic E-state index is -4.40. The number of nitrogens with zero attached hydrogens (tertiary/aromatic N) is 5. The number of aromatic nitrogens is 3. The topological polar surface area (TPSA) is 75.5 Å². The molecule has 1 aromatic carbocycles. The molecule has 2 aliphatic heterocycles. The Hall–Kier alpha value is -2.77. The van der Waals surface area contributed by atoms with Crippen molar-refractivity contribution in [1.29, 1.82) is 0 Å². The van der Waals surface area contributed by atoms with Crippen LogP contribution in [0, 0.1) is 0 Å². The van der Waals surface area contributed by atoms with E-state index in [-0.39, 0.29) is 11.1 Å². The lowest BCUT2D eigenvalue weighted by atomic mass is 9.90. The van der Waals surface area contributed by atoms with Gasteiger partial charge >= 0.3 is 6.18 Å². The molecule has 2 aliphatic rings. The number of benzene rings is 1. The minimum absolute atomic E-state index is 0.0281. The maximum atomic E-state index is 15.6. The Morgan fingerprint density at radius 3 is 2.78 bits per heavy atom. The Morgan fingerprint density at radius 1 is 1.24 bits per heavy atom. The molecule has 37 heavy (non-hydrogen) atoms. The van der Waals surface area contributed by atoms with Gasteiger partial charge in [-0.3, -0.25) is 19.8 Å². The zero-order valence-corrected chi connectivity index (χ0v) is 21.2. The maximum absolute atomic E-state index is 15.6. The number of amides is 1. The summed E-state index contributed by atoms with van der Waals surface area (Å²) < 4.78 is 59.2. The van der Waals surface area contributed by atoms with Crippen molar-refractivity contribution in [3.05, 3.63) is 40.5 Å². The Morgan fingerprint density at radius 2 is 2.03 bits per heavy atom. The van der Waals surface area contributed by atoms with E-state index in [9.17, 15) is 18.0 Å². The first-order valence-electron chi connectivity index (χ1n) is 12.1. The number of hydrogen-bond donors (Lipinski definition) is 1. The Bertz CT molecular complexity index is 1270. The highest BCUT2D eigenvalue weighted by atomic mass is 32.1. The Balaban J connectivity index is 1.09. The van der Waals surface area contributed by atoms with Crippen molar-refractivity contribution < 1.29 is 27.1 Å². The molecule has 8 nitrogen and oxygen atoms in total. The average Bonchev–Trinajstić information content (AvgIpc) is 3.44. The molecule has 1 saturated heterocycles. The summed E-state index contributed by atoms with van der Waals surface area (Å²) in [5.74, 6) is -0.240. The van der Waals surface area contributed by atoms with Gasteiger partial charge in [0.25, 0.3) is 11.1 Å². The van der Waals surface area contributed by atoms with E-state index in [2.05, 4.69) is 20.4 Å². The van der Waals surface area contributed by atoms with E-state index < -0.39 is 18.5 Å². The summed E-state index contributed by atoms with van der Waals surface area (Å²) >= 11 is 1.15. The van der Waals surface area contributed by atoms with Crippen LogP contribution >= 0.6 is 11.3 Å². The fourth-order valence-corrected chi connectivity index (χ4v) is 5.72. The van der Waals surface area contributed by atoms with Crippen LogP contribution in [0.15, 0.2) is 24.4 Å². The number of nitrogens with one attached hydrogen (secondary N) is 1. The number of rotatable bonds is 7. The van der Waals surface area contributed by atoms with Gasteiger partial charge in [-0.2, -0.15) is 18.3 Å². The molecular formula is C24H28F4N6O2S. The van der Waals surface area contributed by atoms with Crippen LogP contribution in [0.3, 0.4) is 0 Å². The monoisotopic (exact) mass is 540 g/mol. The summed E-state index contributed by atoms with van der Waals surface area (Å²) in [5.41, 5.74) is 3.54. The third-order valence-electron chi connectivity index (χ3n) is 6.85. The van der Waals surface area contributed by atoms with Gasteiger partial charge in [-0.1, -0.05) is 17.4 Å². The second kappa shape index (κ2) is 10.2. The van der Waals surface area contributed by atoms with Crippen LogP contribution in [-0.4, -0.2) is 75.2 Å². The maximum Gasteiger partial charge on any atom is 0.422 e. The molecule has 5 rings (SSSR count). The molecule has 2 aromatic heterocycles. The fraction of sp³-hybridized carbons (Fsp3) is 0.542. The molecule has 1 fully saturated rings. The van der Waals surface area contributed by atoms with Gasteiger partial charge in [0.1, 0.15) is 5.67 Å². The van der Waals surface area contributed by atoms with Crippen molar-refractivity contribution >= 4 is 28.1 Å². The van der Waals surface area contributed by atoms with Gasteiger partial charge in [0.05, 0.1) is 16.8 Å². The van der Waals surface area contributed by atoms with E-state index >= 15 is 4.39 Å². The number of halogens is 4. The van der Waals surface area contributed by atoms with Crippen molar-refractivity contribution in [2.75, 3.05) is 32.8 Å². The first kappa shape index (κ1) is 25.9. The van der Waals surface area contributed by atoms with Gasteiger partial charge in [0.15, 0.2) is 6.61 Å². The van der Waals surface area contributed by atoms with Gasteiger partial charge in [-0.15, -0.1) is 0 Å². The summed E-state index contributed by atoms with van der Waals surface area (Å²) in [4.78, 5) is 20.1. The van der Waals surface area contributed by atoms with Crippen LogP contribution in [0.4, 0.5) is 17.6 Å². The zero-order valence-electron chi connectivity index (χ0n) is 20.4. The molecule has 1 amide bonds. The second-order valence-corrected chi connectivity index (χ2v) is 10.7. The summed E-state index contributed by atoms with van der Waals surface area (Å²) in [6.45, 7) is 1.15. The standard InChI is InChI=1S/C24H28F4N6O2S/c1-32-13-17-16(3-2-4-18(17)30-32)21(35)31-34-11-7-23(25,8-12-34)6-10-33-9-5-20-19(14-33)29-22(37-20)36-15-24(26,27)28/h2-4,13H,5-12,14-15H2,1H3,(H,31,35). The van der Waals surface area contributed by atoms with Crippen molar-refractivity contribution in [3.63, 3.8) is 0 Å². The van der Waals surface area contributed by atoms with Crippen LogP contribution in [0.2, 0.25) is 0 Å². The molecule has 1 N–H and O–H groups in total. The molecule has 0 spiro atoms. The van der Waals surface area contributed by atoms with Gasteiger partial charge in [0, 0.05) is 56.2 Å². The Labute approximate surface area is 215 Å². The molecule has 0 saturated carbocycles. The zero-order chi connectivity index (χ0) is 26.2. The minimum Gasteiger partial charge on any atom is -0.460 e. The van der Waals surface area contributed by atoms with E-state index in [1.807, 2.05) is 6.07 Å². The predicted octanol–water partition coefficient (Wildman–Crippen LogP) is 3.87. The Kier molecular flexibility index (Phi) is 7.12. The van der Waals surface area contributed by atoms with Crippen LogP contribution < -0.4 is 10.2 Å². The fourth-order valence-electron chi connectivity index (χ4n) is 4.82. The average molecular weight is 541 g/mol. The molecule has 200 valence electrons. The lowest BCUT2D eigenvalue weighted by Crippen LogP contribution is -2.51. The molecule has 0 unspecified atom stereocenters. The van der Waals surface area contributed by atoms with Crippen molar-refractivity contribution in [1.82, 2.24) is 30.1 Å². The van der Waals surface area contributed by atoms with Crippen LogP contribution in [-0.2, 0) is 20.0 Å². The highest BCUT2D eigenvalue weighted by molar-refractivity contribution is 7.13. The first-order valence-corrected chi connectivity index (χ1v) is 13.0. The third kappa shape index (κ3) is 6.21. The number of hydrogen-bond acceptors (Lipinski definition) is 7. The smallest absolute Gasteiger partial charge is 0.422 e. The number of alkyl halides is 4. The van der Waals surface area contributed by atoms with E-state index in [0.717, 1.165) is 27.1 Å². The van der Waals surface area contributed by atoms with E-state index in [1.54, 1.807) is 35.1 Å². The molecule has 4 heterocycles. The number of aryl methyl sites for hydroxylation is 1. The summed E-state index contributed by atoms with van der Waals surface area (Å²) in [6.07, 6.45) is -0.991. The first-order chi connectivity index (χ1) is 17.6. The number of thiazole rings is 1. The van der Waals surface area contributed by atoms with Crippen LogP contribution in [0.1, 0.15) is 40.2 Å². The highest BCUT2D eigenvalue weighted by Crippen LogP contribution is 2.33. The van der Waals surface area contributed by atoms with Crippen molar-refractivity contribution in [2.45, 2.75) is 44.1 Å². The van der Waals surface area contributed by atoms with E-state index in [0.29, 0.717) is 69.7 Å². The molecule has 0 bridgehead atoms. The van der Waals surface area contributed by atoms with Crippen molar-refractivity contribution in [3.8, 4) is 5.19 Å². The number of carbonyl (C=O) groups excluding carboxylic acids is 1. The summed E-state index contributed by atoms with van der Waals surface area (Å²) in [6, 6.07) is 5.39. The van der Waals surface area contributed by atoms with Gasteiger partial charge in [-0.25, -0.2) is 14.4 Å². The van der Waals surface area contributed by atoms with Gasteiger partial charge < -0.3 is 4.74 Å². The molecule has 13 heteroatoms. The lowest BCUT2D eigenvalue weighted by Gasteiger charge is -2.37. The van der Waals surface area contributed by atoms with Crippen molar-refractivity contribution in [2.24, 2.45) is 7.05 Å². The number of fused-ring (bicyclic) bond motifs is 2. The van der Waals surface area contributed by atoms with Crippen LogP contribution in [0.5, 0.6) is 5.19 Å². The second-order valence-electron chi connectivity index (χ2n) is 9.65. The number of hydrazine groups is 1. The number of carbonyl (C=O) groups is 1. The highest BCUT2D eigenvalue weighted by Gasteiger charge is 2.36. The summed E-state index contributed by atoms with van der Waals surface area (Å²) in [5, 5.41) is 6.89. The summed E-state index contributed by atoms with van der Waals surface area (Å²) in [7, 11) is 1.80. The predicted molar refractivity (Wildman–Crippen MR) is 130 cm³/mol. The quantitative estimate of drug-likeness (QED) is 0.459.